The highest BCUT2D eigenvalue weighted by Gasteiger charge is 2.19. The molecule has 0 atom stereocenters. The Morgan fingerprint density at radius 2 is 1.87 bits per heavy atom. The van der Waals surface area contributed by atoms with E-state index >= 15 is 0 Å². The molecular formula is C22H22Br3N3O3. The van der Waals surface area contributed by atoms with Gasteiger partial charge in [-0.25, -0.2) is 0 Å². The molecule has 0 saturated carbocycles. The van der Waals surface area contributed by atoms with Gasteiger partial charge in [0.15, 0.2) is 12.3 Å². The molecule has 0 aliphatic rings. The molecule has 31 heavy (non-hydrogen) atoms. The second kappa shape index (κ2) is 9.42. The number of fused-ring (bicyclic) bond motifs is 1. The van der Waals surface area contributed by atoms with Crippen LogP contribution in [0, 0.1) is 13.8 Å². The molecule has 0 aliphatic heterocycles. The van der Waals surface area contributed by atoms with Crippen LogP contribution in [0.4, 0.5) is 5.69 Å². The maximum absolute atomic E-state index is 12.4. The fourth-order valence-electron chi connectivity index (χ4n) is 3.40. The van der Waals surface area contributed by atoms with Crippen LogP contribution in [0.25, 0.3) is 10.9 Å². The standard InChI is InChI=1S/C22H22Br3N3O3/c1-10(2)14-8-16(24)12(4)18(25)21(14)31-9-17(29)26-27-19-15-7-13(23)6-11(3)20(15)28(5)22(19)30/h6-8,10,30H,9H2,1-5H3. The molecule has 0 fully saturated rings. The number of azo groups is 1. The van der Waals surface area contributed by atoms with E-state index in [9.17, 15) is 9.90 Å². The minimum absolute atomic E-state index is 0.0537. The van der Waals surface area contributed by atoms with Crippen molar-refractivity contribution in [3.8, 4) is 11.6 Å². The first-order valence-corrected chi connectivity index (χ1v) is 11.9. The number of rotatable bonds is 5. The number of carbonyl (C=O) groups excluding carboxylic acids is 1. The minimum Gasteiger partial charge on any atom is -0.493 e. The SMILES string of the molecule is Cc1c(Br)cc(C(C)C)c(OCC(=O)N=Nc2c(O)n(C)c3c(C)cc(Br)cc23)c1Br. The maximum atomic E-state index is 12.4. The molecule has 2 aromatic carbocycles. The van der Waals surface area contributed by atoms with Gasteiger partial charge in [-0.15, -0.1) is 10.2 Å². The van der Waals surface area contributed by atoms with E-state index in [-0.39, 0.29) is 24.1 Å². The van der Waals surface area contributed by atoms with Crippen molar-refractivity contribution >= 4 is 70.3 Å². The summed E-state index contributed by atoms with van der Waals surface area (Å²) in [5, 5.41) is 19.0. The molecule has 0 spiro atoms. The number of hydrogen-bond acceptors (Lipinski definition) is 4. The van der Waals surface area contributed by atoms with Gasteiger partial charge in [0, 0.05) is 21.4 Å². The van der Waals surface area contributed by atoms with E-state index in [4.69, 9.17) is 4.74 Å². The van der Waals surface area contributed by atoms with E-state index in [1.165, 1.54) is 0 Å². The lowest BCUT2D eigenvalue weighted by molar-refractivity contribution is -0.120. The highest BCUT2D eigenvalue weighted by Crippen LogP contribution is 2.41. The Labute approximate surface area is 206 Å². The number of hydrogen-bond donors (Lipinski definition) is 1. The molecule has 6 nitrogen and oxygen atoms in total. The number of ether oxygens (including phenoxy) is 1. The number of benzene rings is 2. The van der Waals surface area contributed by atoms with Gasteiger partial charge in [0.05, 0.1) is 9.99 Å². The van der Waals surface area contributed by atoms with Gasteiger partial charge < -0.3 is 14.4 Å². The molecule has 0 aliphatic carbocycles. The zero-order chi connectivity index (χ0) is 23.0. The maximum Gasteiger partial charge on any atom is 0.302 e. The van der Waals surface area contributed by atoms with Crippen molar-refractivity contribution in [3.05, 3.63) is 48.3 Å². The van der Waals surface area contributed by atoms with Crippen molar-refractivity contribution in [1.82, 2.24) is 4.57 Å². The number of halogens is 3. The molecule has 1 aromatic heterocycles. The number of carbonyl (C=O) groups is 1. The van der Waals surface area contributed by atoms with Gasteiger partial charge in [0.25, 0.3) is 0 Å². The molecule has 1 N–H and O–H groups in total. The Bertz CT molecular complexity index is 1220. The second-order valence-corrected chi connectivity index (χ2v) is 10.2. The van der Waals surface area contributed by atoms with Crippen molar-refractivity contribution in [2.75, 3.05) is 6.61 Å². The van der Waals surface area contributed by atoms with Crippen LogP contribution >= 0.6 is 47.8 Å². The second-order valence-electron chi connectivity index (χ2n) is 7.60. The lowest BCUT2D eigenvalue weighted by Crippen LogP contribution is -2.10. The van der Waals surface area contributed by atoms with E-state index in [0.717, 1.165) is 35.6 Å². The van der Waals surface area contributed by atoms with Gasteiger partial charge in [-0.1, -0.05) is 45.7 Å². The van der Waals surface area contributed by atoms with Crippen LogP contribution in [0.2, 0.25) is 0 Å². The third-order valence-corrected chi connectivity index (χ3v) is 7.28. The molecule has 164 valence electrons. The monoisotopic (exact) mass is 613 g/mol. The fraction of sp³-hybridized carbons (Fsp3) is 0.318. The smallest absolute Gasteiger partial charge is 0.302 e. The number of amides is 1. The van der Waals surface area contributed by atoms with E-state index in [0.29, 0.717) is 11.1 Å². The summed E-state index contributed by atoms with van der Waals surface area (Å²) < 4.78 is 10.1. The first kappa shape index (κ1) is 23.9. The Morgan fingerprint density at radius 1 is 1.19 bits per heavy atom. The topological polar surface area (TPSA) is 76.2 Å². The van der Waals surface area contributed by atoms with Gasteiger partial charge in [-0.05, 0) is 70.6 Å². The molecule has 3 rings (SSSR count). The van der Waals surface area contributed by atoms with Crippen LogP contribution in [0.3, 0.4) is 0 Å². The molecular weight excluding hydrogens is 594 g/mol. The molecule has 0 bridgehead atoms. The highest BCUT2D eigenvalue weighted by atomic mass is 79.9. The number of aryl methyl sites for hydroxylation is 2. The van der Waals surface area contributed by atoms with Crippen LogP contribution in [0.5, 0.6) is 11.6 Å². The third-order valence-electron chi connectivity index (χ3n) is 5.04. The molecule has 0 saturated heterocycles. The minimum atomic E-state index is -0.551. The highest BCUT2D eigenvalue weighted by molar-refractivity contribution is 9.11. The molecule has 9 heteroatoms. The van der Waals surface area contributed by atoms with Crippen molar-refractivity contribution in [3.63, 3.8) is 0 Å². The van der Waals surface area contributed by atoms with Crippen molar-refractivity contribution in [1.29, 1.82) is 0 Å². The summed E-state index contributed by atoms with van der Waals surface area (Å²) in [6.45, 7) is 7.74. The molecule has 0 unspecified atom stereocenters. The summed E-state index contributed by atoms with van der Waals surface area (Å²) in [5.41, 5.74) is 4.00. The lowest BCUT2D eigenvalue weighted by atomic mass is 10.0. The molecule has 1 amide bonds. The Morgan fingerprint density at radius 3 is 2.52 bits per heavy atom. The zero-order valence-electron chi connectivity index (χ0n) is 17.8. The average molecular weight is 616 g/mol. The Hall–Kier alpha value is -1.71. The van der Waals surface area contributed by atoms with E-state index < -0.39 is 5.91 Å². The van der Waals surface area contributed by atoms with Crippen LogP contribution in [-0.4, -0.2) is 22.2 Å². The van der Waals surface area contributed by atoms with Crippen LogP contribution in [0.15, 0.2) is 41.8 Å². The summed E-state index contributed by atoms with van der Waals surface area (Å²) in [6, 6.07) is 5.79. The number of aromatic nitrogens is 1. The average Bonchev–Trinajstić information content (AvgIpc) is 2.93. The number of nitrogens with zero attached hydrogens (tertiary/aromatic N) is 3. The normalized spacial score (nSPS) is 11.8. The number of aromatic hydroxyl groups is 1. The first-order valence-electron chi connectivity index (χ1n) is 9.56. The predicted octanol–water partition coefficient (Wildman–Crippen LogP) is 7.60. The van der Waals surface area contributed by atoms with Crippen LogP contribution in [-0.2, 0) is 11.8 Å². The first-order chi connectivity index (χ1) is 14.5. The molecule has 0 radical (unpaired) electrons. The van der Waals surface area contributed by atoms with Crippen molar-refractivity contribution in [2.45, 2.75) is 33.6 Å². The van der Waals surface area contributed by atoms with Gasteiger partial charge in [0.2, 0.25) is 5.88 Å². The van der Waals surface area contributed by atoms with Gasteiger partial charge in [0.1, 0.15) is 5.75 Å². The van der Waals surface area contributed by atoms with Crippen LogP contribution in [0.1, 0.15) is 36.5 Å². The summed E-state index contributed by atoms with van der Waals surface area (Å²) in [7, 11) is 1.74. The van der Waals surface area contributed by atoms with E-state index in [1.54, 1.807) is 11.6 Å². The van der Waals surface area contributed by atoms with Gasteiger partial charge in [-0.3, -0.25) is 4.79 Å². The van der Waals surface area contributed by atoms with E-state index in [2.05, 4.69) is 71.9 Å². The third kappa shape index (κ3) is 4.73. The summed E-state index contributed by atoms with van der Waals surface area (Å²) in [5.74, 6) is 0.216. The van der Waals surface area contributed by atoms with Gasteiger partial charge >= 0.3 is 5.91 Å². The largest absolute Gasteiger partial charge is 0.493 e. The van der Waals surface area contributed by atoms with Crippen LogP contribution < -0.4 is 4.74 Å². The summed E-state index contributed by atoms with van der Waals surface area (Å²) in [4.78, 5) is 12.4. The van der Waals surface area contributed by atoms with Crippen molar-refractivity contribution < 1.29 is 14.6 Å². The fourth-order valence-corrected chi connectivity index (χ4v) is 5.24. The van der Waals surface area contributed by atoms with E-state index in [1.807, 2.05) is 32.0 Å². The summed E-state index contributed by atoms with van der Waals surface area (Å²) >= 11 is 10.6. The molecule has 3 aromatic rings. The zero-order valence-corrected chi connectivity index (χ0v) is 22.5. The quantitative estimate of drug-likeness (QED) is 0.300. The Kier molecular flexibility index (Phi) is 7.28. The Balaban J connectivity index is 1.87. The summed E-state index contributed by atoms with van der Waals surface area (Å²) in [6.07, 6.45) is 0. The van der Waals surface area contributed by atoms with Gasteiger partial charge in [-0.2, -0.15) is 0 Å². The molecule has 1 heterocycles. The predicted molar refractivity (Wildman–Crippen MR) is 133 cm³/mol. The van der Waals surface area contributed by atoms with Crippen molar-refractivity contribution in [2.24, 2.45) is 17.3 Å². The lowest BCUT2D eigenvalue weighted by Gasteiger charge is -2.17.